The number of rotatable bonds is 18. The molecule has 2 aliphatic rings. The molecule has 0 radical (unpaired) electrons. The van der Waals surface area contributed by atoms with Crippen LogP contribution in [-0.2, 0) is 20.8 Å². The first-order valence-electron chi connectivity index (χ1n) is 16.7. The molecule has 0 saturated heterocycles. The molecule has 8 heteroatoms. The molecular formula is C35H57N3O5. The third-order valence-electron chi connectivity index (χ3n) is 9.18. The zero-order valence-corrected chi connectivity index (χ0v) is 27.0. The van der Waals surface area contributed by atoms with E-state index in [4.69, 9.17) is 0 Å². The Kier molecular flexibility index (Phi) is 14.5. The highest BCUT2D eigenvalue weighted by Gasteiger charge is 2.36. The molecule has 8 nitrogen and oxygen atoms in total. The highest BCUT2D eigenvalue weighted by atomic mass is 16.3. The zero-order valence-electron chi connectivity index (χ0n) is 27.0. The number of carbonyl (C=O) groups is 3. The van der Waals surface area contributed by atoms with E-state index in [-0.39, 0.29) is 36.6 Å². The third kappa shape index (κ3) is 12.6. The van der Waals surface area contributed by atoms with E-state index in [2.05, 4.69) is 17.4 Å². The molecule has 1 aromatic carbocycles. The average molecular weight is 600 g/mol. The van der Waals surface area contributed by atoms with Crippen molar-refractivity contribution in [3.63, 3.8) is 0 Å². The lowest BCUT2D eigenvalue weighted by Crippen LogP contribution is -2.52. The molecule has 2 aliphatic carbocycles. The summed E-state index contributed by atoms with van der Waals surface area (Å²) in [5, 5.41) is 25.1. The van der Waals surface area contributed by atoms with Gasteiger partial charge in [0.15, 0.2) is 0 Å². The van der Waals surface area contributed by atoms with Crippen LogP contribution in [0.15, 0.2) is 30.3 Å². The van der Waals surface area contributed by atoms with Crippen LogP contribution in [0.5, 0.6) is 0 Å². The van der Waals surface area contributed by atoms with E-state index >= 15 is 0 Å². The first-order chi connectivity index (χ1) is 20.5. The summed E-state index contributed by atoms with van der Waals surface area (Å²) in [6.45, 7) is 4.45. The lowest BCUT2D eigenvalue weighted by Gasteiger charge is -2.34. The predicted octanol–water partition coefficient (Wildman–Crippen LogP) is 4.57. The quantitative estimate of drug-likeness (QED) is 0.229. The van der Waals surface area contributed by atoms with Gasteiger partial charge in [-0.2, -0.15) is 0 Å². The number of likely N-dealkylation sites (N-methyl/N-ethyl adjacent to an activating group) is 1. The second-order valence-electron chi connectivity index (χ2n) is 13.8. The second kappa shape index (κ2) is 17.7. The Balaban J connectivity index is 1.71. The summed E-state index contributed by atoms with van der Waals surface area (Å²) in [4.78, 5) is 43.3. The third-order valence-corrected chi connectivity index (χ3v) is 9.18. The van der Waals surface area contributed by atoms with Crippen molar-refractivity contribution < 1.29 is 24.6 Å². The Hall–Kier alpha value is -2.45. The number of aliphatic hydroxyl groups excluding tert-OH is 2. The Morgan fingerprint density at radius 1 is 0.907 bits per heavy atom. The number of hydrogen-bond donors (Lipinski definition) is 3. The zero-order chi connectivity index (χ0) is 31.4. The highest BCUT2D eigenvalue weighted by Crippen LogP contribution is 2.37. The van der Waals surface area contributed by atoms with Crippen molar-refractivity contribution in [2.75, 3.05) is 27.2 Å². The van der Waals surface area contributed by atoms with E-state index in [1.54, 1.807) is 19.0 Å². The van der Waals surface area contributed by atoms with Crippen molar-refractivity contribution in [1.82, 2.24) is 15.1 Å². The molecule has 0 bridgehead atoms. The Bertz CT molecular complexity index is 990. The first-order valence-corrected chi connectivity index (χ1v) is 16.7. The van der Waals surface area contributed by atoms with Crippen molar-refractivity contribution >= 4 is 17.7 Å². The van der Waals surface area contributed by atoms with Crippen LogP contribution in [0.3, 0.4) is 0 Å². The number of carbonyl (C=O) groups excluding carboxylic acids is 3. The minimum Gasteiger partial charge on any atom is -0.390 e. The smallest absolute Gasteiger partial charge is 0.241 e. The van der Waals surface area contributed by atoms with E-state index in [1.807, 2.05) is 32.0 Å². The lowest BCUT2D eigenvalue weighted by atomic mass is 9.82. The molecule has 0 spiro atoms. The molecule has 0 aliphatic heterocycles. The summed E-state index contributed by atoms with van der Waals surface area (Å²) in [7, 11) is 3.37. The minimum absolute atomic E-state index is 0.0111. The SMILES string of the molecule is CC(C)C[C@H](O)[C@H](O)[C@H](CC1CCCCC1)NC(=O)[C@@H](CC(=O)N(CCCc1ccccc1)CC(=O)N(C)C)CC1CC1. The van der Waals surface area contributed by atoms with Crippen molar-refractivity contribution in [3.05, 3.63) is 35.9 Å². The van der Waals surface area contributed by atoms with Crippen molar-refractivity contribution in [2.24, 2.45) is 23.7 Å². The molecule has 43 heavy (non-hydrogen) atoms. The van der Waals surface area contributed by atoms with Gasteiger partial charge in [-0.15, -0.1) is 0 Å². The molecule has 4 atom stereocenters. The molecule has 1 aromatic rings. The standard InChI is InChI=1S/C35H57N3O5/c1-25(2)20-31(39)34(42)30(22-27-14-9-6-10-15-27)36-35(43)29(21-28-17-18-28)23-32(40)38(24-33(41)37(3)4)19-11-16-26-12-7-5-8-13-26/h5,7-8,12-13,25,27-31,34,39,42H,6,9-11,14-24H2,1-4H3,(H,36,43)/t29-,30+,31+,34-/m1/s1. The second-order valence-corrected chi connectivity index (χ2v) is 13.8. The number of nitrogens with one attached hydrogen (secondary N) is 1. The number of aliphatic hydroxyl groups is 2. The molecule has 3 rings (SSSR count). The van der Waals surface area contributed by atoms with E-state index in [9.17, 15) is 24.6 Å². The summed E-state index contributed by atoms with van der Waals surface area (Å²) in [5.41, 5.74) is 1.18. The summed E-state index contributed by atoms with van der Waals surface area (Å²) in [6, 6.07) is 9.53. The topological polar surface area (TPSA) is 110 Å². The molecule has 3 N–H and O–H groups in total. The fourth-order valence-corrected chi connectivity index (χ4v) is 6.35. The van der Waals surface area contributed by atoms with Gasteiger partial charge in [-0.1, -0.05) is 89.1 Å². The van der Waals surface area contributed by atoms with E-state index < -0.39 is 24.2 Å². The van der Waals surface area contributed by atoms with Crippen molar-refractivity contribution in [1.29, 1.82) is 0 Å². The van der Waals surface area contributed by atoms with Crippen LogP contribution < -0.4 is 5.32 Å². The molecule has 242 valence electrons. The van der Waals surface area contributed by atoms with Crippen LogP contribution in [-0.4, -0.2) is 83.2 Å². The molecule has 2 fully saturated rings. The maximum Gasteiger partial charge on any atom is 0.241 e. The lowest BCUT2D eigenvalue weighted by molar-refractivity contribution is -0.141. The Labute approximate surface area is 259 Å². The molecule has 2 saturated carbocycles. The van der Waals surface area contributed by atoms with Crippen LogP contribution in [0.4, 0.5) is 0 Å². The fraction of sp³-hybridized carbons (Fsp3) is 0.743. The van der Waals surface area contributed by atoms with Crippen LogP contribution in [0, 0.1) is 23.7 Å². The van der Waals surface area contributed by atoms with Gasteiger partial charge in [0, 0.05) is 33.0 Å². The van der Waals surface area contributed by atoms with Gasteiger partial charge in [-0.05, 0) is 55.4 Å². The van der Waals surface area contributed by atoms with Gasteiger partial charge in [0.05, 0.1) is 18.7 Å². The van der Waals surface area contributed by atoms with Crippen molar-refractivity contribution in [2.45, 2.75) is 116 Å². The Morgan fingerprint density at radius 2 is 1.56 bits per heavy atom. The van der Waals surface area contributed by atoms with E-state index in [0.717, 1.165) is 51.4 Å². The number of hydrogen-bond acceptors (Lipinski definition) is 5. The number of aryl methyl sites for hydroxylation is 1. The number of benzene rings is 1. The maximum absolute atomic E-state index is 13.8. The maximum atomic E-state index is 13.8. The fourth-order valence-electron chi connectivity index (χ4n) is 6.35. The van der Waals surface area contributed by atoms with Gasteiger partial charge in [-0.3, -0.25) is 14.4 Å². The molecule has 0 unspecified atom stereocenters. The van der Waals surface area contributed by atoms with Gasteiger partial charge >= 0.3 is 0 Å². The molecular weight excluding hydrogens is 542 g/mol. The van der Waals surface area contributed by atoms with Crippen LogP contribution in [0.25, 0.3) is 0 Å². The van der Waals surface area contributed by atoms with Gasteiger partial charge < -0.3 is 25.3 Å². The average Bonchev–Trinajstić information content (AvgIpc) is 3.80. The van der Waals surface area contributed by atoms with Gasteiger partial charge in [0.1, 0.15) is 6.10 Å². The minimum atomic E-state index is -1.06. The van der Waals surface area contributed by atoms with Crippen LogP contribution >= 0.6 is 0 Å². The Morgan fingerprint density at radius 3 is 2.16 bits per heavy atom. The van der Waals surface area contributed by atoms with E-state index in [1.165, 1.54) is 16.9 Å². The largest absolute Gasteiger partial charge is 0.390 e. The summed E-state index contributed by atoms with van der Waals surface area (Å²) < 4.78 is 0. The van der Waals surface area contributed by atoms with Gasteiger partial charge in [0.25, 0.3) is 0 Å². The highest BCUT2D eigenvalue weighted by molar-refractivity contribution is 5.88. The van der Waals surface area contributed by atoms with Crippen LogP contribution in [0.1, 0.15) is 96.5 Å². The van der Waals surface area contributed by atoms with Gasteiger partial charge in [-0.25, -0.2) is 0 Å². The molecule has 3 amide bonds. The van der Waals surface area contributed by atoms with Crippen LogP contribution in [0.2, 0.25) is 0 Å². The summed E-state index contributed by atoms with van der Waals surface area (Å²) >= 11 is 0. The van der Waals surface area contributed by atoms with E-state index in [0.29, 0.717) is 37.6 Å². The monoisotopic (exact) mass is 599 g/mol. The predicted molar refractivity (Wildman–Crippen MR) is 170 cm³/mol. The summed E-state index contributed by atoms with van der Waals surface area (Å²) in [6.07, 6.45) is 9.07. The number of amides is 3. The van der Waals surface area contributed by atoms with Gasteiger partial charge in [0.2, 0.25) is 17.7 Å². The molecule has 0 heterocycles. The number of nitrogens with zero attached hydrogens (tertiary/aromatic N) is 2. The first kappa shape index (κ1) is 35.0. The van der Waals surface area contributed by atoms with Crippen molar-refractivity contribution in [3.8, 4) is 0 Å². The molecule has 0 aromatic heterocycles. The normalized spacial score (nSPS) is 18.5. The summed E-state index contributed by atoms with van der Waals surface area (Å²) in [5.74, 6) is -0.0465.